The van der Waals surface area contributed by atoms with Crippen LogP contribution < -0.4 is 4.90 Å². The third-order valence-corrected chi connectivity index (χ3v) is 9.68. The smallest absolute Gasteiger partial charge is 0.137 e. The van der Waals surface area contributed by atoms with E-state index in [1.165, 1.54) is 32.7 Å². The fraction of sp³-hybridized carbons (Fsp3) is 0. The Labute approximate surface area is 288 Å². The predicted molar refractivity (Wildman–Crippen MR) is 207 cm³/mol. The van der Waals surface area contributed by atoms with Gasteiger partial charge in [-0.3, -0.25) is 9.97 Å². The third-order valence-electron chi connectivity index (χ3n) is 9.68. The molecule has 0 aliphatic carbocycles. The number of fused-ring (bicyclic) bond motifs is 6. The molecular formula is C46H29N3O. The average Bonchev–Trinajstić information content (AvgIpc) is 3.53. The molecule has 0 radical (unpaired) electrons. The number of hydrogen-bond donors (Lipinski definition) is 0. The Morgan fingerprint density at radius 2 is 0.880 bits per heavy atom. The van der Waals surface area contributed by atoms with Gasteiger partial charge in [-0.05, 0) is 98.4 Å². The predicted octanol–water partition coefficient (Wildman–Crippen LogP) is 12.6. The zero-order valence-corrected chi connectivity index (χ0v) is 27.0. The summed E-state index contributed by atoms with van der Waals surface area (Å²) in [4.78, 5) is 11.3. The number of rotatable bonds is 5. The van der Waals surface area contributed by atoms with E-state index in [1.54, 1.807) is 12.4 Å². The normalized spacial score (nSPS) is 11.6. The maximum absolute atomic E-state index is 6.50. The van der Waals surface area contributed by atoms with E-state index in [0.717, 1.165) is 61.2 Å². The van der Waals surface area contributed by atoms with E-state index >= 15 is 0 Å². The van der Waals surface area contributed by atoms with E-state index in [-0.39, 0.29) is 0 Å². The second kappa shape index (κ2) is 11.4. The first kappa shape index (κ1) is 28.3. The van der Waals surface area contributed by atoms with Gasteiger partial charge >= 0.3 is 0 Å². The van der Waals surface area contributed by atoms with Gasteiger partial charge in [0.25, 0.3) is 0 Å². The number of aromatic nitrogens is 2. The largest absolute Gasteiger partial charge is 0.456 e. The highest BCUT2D eigenvalue weighted by atomic mass is 16.3. The van der Waals surface area contributed by atoms with Crippen molar-refractivity contribution in [2.24, 2.45) is 0 Å². The van der Waals surface area contributed by atoms with Gasteiger partial charge in [-0.15, -0.1) is 0 Å². The average molecular weight is 640 g/mol. The molecule has 0 fully saturated rings. The second-order valence-electron chi connectivity index (χ2n) is 12.7. The van der Waals surface area contributed by atoms with Crippen molar-refractivity contribution in [2.45, 2.75) is 0 Å². The number of anilines is 3. The molecule has 0 saturated carbocycles. The fourth-order valence-corrected chi connectivity index (χ4v) is 7.20. The molecule has 0 spiro atoms. The summed E-state index contributed by atoms with van der Waals surface area (Å²) in [6.07, 6.45) is 3.44. The molecule has 0 unspecified atom stereocenters. The SMILES string of the molecule is c1cc(-c2ccc3ccccc3c2)cc(N(c2cccc(-c3ccc4ccccc4c3)c2)c2ccc3c(c2)oc2cc4nccnc4cc23)c1. The molecule has 0 bridgehead atoms. The van der Waals surface area contributed by atoms with Crippen LogP contribution in [0.4, 0.5) is 17.1 Å². The van der Waals surface area contributed by atoms with Crippen molar-refractivity contribution in [2.75, 3.05) is 4.90 Å². The minimum atomic E-state index is 0.799. The summed E-state index contributed by atoms with van der Waals surface area (Å²) >= 11 is 0. The Morgan fingerprint density at radius 1 is 0.360 bits per heavy atom. The lowest BCUT2D eigenvalue weighted by Crippen LogP contribution is -2.10. The summed E-state index contributed by atoms with van der Waals surface area (Å²) in [7, 11) is 0. The van der Waals surface area contributed by atoms with Gasteiger partial charge in [0.1, 0.15) is 11.2 Å². The summed E-state index contributed by atoms with van der Waals surface area (Å²) in [6, 6.07) is 58.5. The van der Waals surface area contributed by atoms with Crippen LogP contribution in [-0.4, -0.2) is 9.97 Å². The molecular weight excluding hydrogens is 611 g/mol. The molecule has 2 aromatic heterocycles. The summed E-state index contributed by atoms with van der Waals surface area (Å²) < 4.78 is 6.50. The lowest BCUT2D eigenvalue weighted by Gasteiger charge is -2.26. The molecule has 4 heteroatoms. The van der Waals surface area contributed by atoms with Crippen LogP contribution in [0.2, 0.25) is 0 Å². The summed E-state index contributed by atoms with van der Waals surface area (Å²) in [5.74, 6) is 0. The Kier molecular flexibility index (Phi) is 6.46. The van der Waals surface area contributed by atoms with Crippen molar-refractivity contribution in [1.29, 1.82) is 0 Å². The summed E-state index contributed by atoms with van der Waals surface area (Å²) in [5.41, 5.74) is 11.1. The van der Waals surface area contributed by atoms with Crippen molar-refractivity contribution in [3.8, 4) is 22.3 Å². The zero-order valence-electron chi connectivity index (χ0n) is 27.0. The quantitative estimate of drug-likeness (QED) is 0.188. The first-order valence-corrected chi connectivity index (χ1v) is 16.8. The minimum absolute atomic E-state index is 0.799. The number of hydrogen-bond acceptors (Lipinski definition) is 4. The summed E-state index contributed by atoms with van der Waals surface area (Å²) in [6.45, 7) is 0. The highest BCUT2D eigenvalue weighted by Crippen LogP contribution is 2.41. The van der Waals surface area contributed by atoms with Crippen LogP contribution in [0.5, 0.6) is 0 Å². The van der Waals surface area contributed by atoms with Crippen LogP contribution in [-0.2, 0) is 0 Å². The van der Waals surface area contributed by atoms with Crippen molar-refractivity contribution in [1.82, 2.24) is 9.97 Å². The van der Waals surface area contributed by atoms with Gasteiger partial charge in [-0.1, -0.05) is 97.1 Å². The van der Waals surface area contributed by atoms with Crippen LogP contribution in [0.25, 0.3) is 76.8 Å². The second-order valence-corrected chi connectivity index (χ2v) is 12.7. The topological polar surface area (TPSA) is 42.2 Å². The molecule has 0 saturated heterocycles. The van der Waals surface area contributed by atoms with Gasteiger partial charge in [-0.2, -0.15) is 0 Å². The molecule has 2 heterocycles. The van der Waals surface area contributed by atoms with Crippen molar-refractivity contribution in [3.63, 3.8) is 0 Å². The van der Waals surface area contributed by atoms with Gasteiger partial charge < -0.3 is 9.32 Å². The maximum atomic E-state index is 6.50. The molecule has 4 nitrogen and oxygen atoms in total. The highest BCUT2D eigenvalue weighted by Gasteiger charge is 2.18. The van der Waals surface area contributed by atoms with Gasteiger partial charge in [0, 0.05) is 52.4 Å². The molecule has 0 N–H and O–H groups in total. The third kappa shape index (κ3) is 4.85. The van der Waals surface area contributed by atoms with Crippen LogP contribution in [0.3, 0.4) is 0 Å². The van der Waals surface area contributed by atoms with Gasteiger partial charge in [0.2, 0.25) is 0 Å². The number of furan rings is 1. The molecule has 8 aromatic carbocycles. The molecule has 0 amide bonds. The van der Waals surface area contributed by atoms with E-state index in [4.69, 9.17) is 4.42 Å². The van der Waals surface area contributed by atoms with Gasteiger partial charge in [-0.25, -0.2) is 0 Å². The van der Waals surface area contributed by atoms with Crippen molar-refractivity contribution in [3.05, 3.63) is 176 Å². The van der Waals surface area contributed by atoms with Crippen LogP contribution in [0, 0.1) is 0 Å². The molecule has 0 atom stereocenters. The van der Waals surface area contributed by atoms with Gasteiger partial charge in [0.05, 0.1) is 11.0 Å². The highest BCUT2D eigenvalue weighted by molar-refractivity contribution is 6.10. The van der Waals surface area contributed by atoms with E-state index < -0.39 is 0 Å². The molecule has 10 aromatic rings. The first-order valence-electron chi connectivity index (χ1n) is 16.8. The monoisotopic (exact) mass is 639 g/mol. The molecule has 10 rings (SSSR count). The number of benzene rings is 8. The van der Waals surface area contributed by atoms with E-state index in [2.05, 4.69) is 173 Å². The Hall–Kier alpha value is -6.78. The maximum Gasteiger partial charge on any atom is 0.137 e. The van der Waals surface area contributed by atoms with E-state index in [1.807, 2.05) is 6.07 Å². The van der Waals surface area contributed by atoms with Crippen LogP contribution >= 0.6 is 0 Å². The fourth-order valence-electron chi connectivity index (χ4n) is 7.20. The summed E-state index contributed by atoms with van der Waals surface area (Å²) in [5, 5.41) is 7.00. The molecule has 0 aliphatic rings. The van der Waals surface area contributed by atoms with Crippen LogP contribution in [0.1, 0.15) is 0 Å². The minimum Gasteiger partial charge on any atom is -0.456 e. The van der Waals surface area contributed by atoms with Crippen molar-refractivity contribution < 1.29 is 4.42 Å². The zero-order chi connectivity index (χ0) is 33.0. The molecule has 234 valence electrons. The first-order chi connectivity index (χ1) is 24.7. The Bertz CT molecular complexity index is 2780. The number of nitrogens with zero attached hydrogens (tertiary/aromatic N) is 3. The Balaban J connectivity index is 1.14. The lowest BCUT2D eigenvalue weighted by molar-refractivity contribution is 0.669. The van der Waals surface area contributed by atoms with Crippen molar-refractivity contribution >= 4 is 71.6 Å². The van der Waals surface area contributed by atoms with Gasteiger partial charge in [0.15, 0.2) is 0 Å². The standard InChI is InChI=1S/C46H29N3O/c1-3-9-32-23-36(17-15-30(32)7-1)34-11-5-13-38(25-34)49(39-14-6-12-35(26-39)37-18-16-31-8-2-4-10-33(31)24-37)40-19-20-41-42-28-43-44(48-22-21-47-43)29-46(42)50-45(41)27-40/h1-29H. The molecule has 50 heavy (non-hydrogen) atoms. The Morgan fingerprint density at radius 3 is 1.50 bits per heavy atom. The lowest BCUT2D eigenvalue weighted by atomic mass is 9.99. The molecule has 0 aliphatic heterocycles. The van der Waals surface area contributed by atoms with E-state index in [0.29, 0.717) is 0 Å². The van der Waals surface area contributed by atoms with Crippen LogP contribution in [0.15, 0.2) is 181 Å². The van der Waals surface area contributed by atoms with E-state index in [9.17, 15) is 0 Å².